The van der Waals surface area contributed by atoms with Gasteiger partial charge in [0.2, 0.25) is 0 Å². The molecule has 4 heteroatoms. The van der Waals surface area contributed by atoms with E-state index in [1.165, 1.54) is 18.2 Å². The quantitative estimate of drug-likeness (QED) is 0.854. The molecule has 1 atom stereocenters. The lowest BCUT2D eigenvalue weighted by Gasteiger charge is -2.26. The highest BCUT2D eigenvalue weighted by Crippen LogP contribution is 2.39. The number of phenolic OH excluding ortho intramolecular Hbond substituents is 1. The minimum Gasteiger partial charge on any atom is -0.508 e. The third kappa shape index (κ3) is 1.83. The van der Waals surface area contributed by atoms with Gasteiger partial charge in [-0.05, 0) is 43.2 Å². The molecule has 1 aromatic carbocycles. The van der Waals surface area contributed by atoms with Crippen LogP contribution in [0, 0.1) is 5.82 Å². The predicted molar refractivity (Wildman–Crippen MR) is 68.2 cm³/mol. The van der Waals surface area contributed by atoms with Crippen molar-refractivity contribution in [1.29, 1.82) is 0 Å². The normalized spacial score (nSPS) is 19.4. The van der Waals surface area contributed by atoms with Crippen molar-refractivity contribution in [1.82, 2.24) is 4.98 Å². The van der Waals surface area contributed by atoms with Gasteiger partial charge in [-0.25, -0.2) is 4.39 Å². The number of benzene rings is 1. The summed E-state index contributed by atoms with van der Waals surface area (Å²) in [6.07, 6.45) is 3.84. The number of hydrogen-bond acceptors (Lipinski definition) is 2. The average molecular weight is 246 g/mol. The van der Waals surface area contributed by atoms with Gasteiger partial charge in [0.05, 0.1) is 6.04 Å². The van der Waals surface area contributed by atoms with Crippen molar-refractivity contribution in [3.05, 3.63) is 47.9 Å². The number of nitrogens with zero attached hydrogens (tertiary/aromatic N) is 1. The van der Waals surface area contributed by atoms with Gasteiger partial charge >= 0.3 is 0 Å². The van der Waals surface area contributed by atoms with E-state index in [1.54, 1.807) is 0 Å². The Morgan fingerprint density at radius 1 is 1.33 bits per heavy atom. The first kappa shape index (κ1) is 11.1. The van der Waals surface area contributed by atoms with Crippen LogP contribution in [0.3, 0.4) is 0 Å². The smallest absolute Gasteiger partial charge is 0.123 e. The van der Waals surface area contributed by atoms with Crippen molar-refractivity contribution >= 4 is 5.82 Å². The number of halogens is 1. The van der Waals surface area contributed by atoms with Gasteiger partial charge in [-0.15, -0.1) is 0 Å². The van der Waals surface area contributed by atoms with Crippen LogP contribution in [0.15, 0.2) is 36.5 Å². The molecule has 0 unspecified atom stereocenters. The second kappa shape index (κ2) is 4.37. The molecule has 2 N–H and O–H groups in total. The van der Waals surface area contributed by atoms with E-state index in [9.17, 15) is 9.50 Å². The van der Waals surface area contributed by atoms with E-state index in [-0.39, 0.29) is 17.6 Å². The highest BCUT2D eigenvalue weighted by atomic mass is 19.1. The molecule has 0 radical (unpaired) electrons. The van der Waals surface area contributed by atoms with Crippen LogP contribution in [-0.2, 0) is 0 Å². The lowest BCUT2D eigenvalue weighted by molar-refractivity contribution is 0.458. The van der Waals surface area contributed by atoms with E-state index >= 15 is 0 Å². The molecule has 0 bridgehead atoms. The maximum absolute atomic E-state index is 13.3. The molecule has 2 heterocycles. The van der Waals surface area contributed by atoms with Crippen LogP contribution in [0.4, 0.5) is 10.2 Å². The molecular formula is C14H15FN2O. The van der Waals surface area contributed by atoms with E-state index in [4.69, 9.17) is 0 Å². The van der Waals surface area contributed by atoms with Crippen molar-refractivity contribution < 1.29 is 9.50 Å². The van der Waals surface area contributed by atoms with Gasteiger partial charge < -0.3 is 15.0 Å². The summed E-state index contributed by atoms with van der Waals surface area (Å²) >= 11 is 0. The van der Waals surface area contributed by atoms with Gasteiger partial charge in [-0.2, -0.15) is 0 Å². The number of anilines is 1. The van der Waals surface area contributed by atoms with Crippen molar-refractivity contribution in [2.75, 3.05) is 11.4 Å². The molecule has 1 aliphatic heterocycles. The van der Waals surface area contributed by atoms with Gasteiger partial charge in [-0.3, -0.25) is 0 Å². The second-order valence-electron chi connectivity index (χ2n) is 4.61. The number of aromatic amines is 1. The SMILES string of the molecule is Oc1ccc(F)cc1[C@H]1CCCN1c1ccc[nH]1. The third-order valence-corrected chi connectivity index (χ3v) is 3.49. The van der Waals surface area contributed by atoms with Gasteiger partial charge in [-0.1, -0.05) is 0 Å². The fraction of sp³-hybridized carbons (Fsp3) is 0.286. The summed E-state index contributed by atoms with van der Waals surface area (Å²) in [7, 11) is 0. The minimum atomic E-state index is -0.305. The summed E-state index contributed by atoms with van der Waals surface area (Å²) in [5, 5.41) is 9.91. The van der Waals surface area contributed by atoms with Crippen LogP contribution in [0.2, 0.25) is 0 Å². The second-order valence-corrected chi connectivity index (χ2v) is 4.61. The molecule has 1 aliphatic rings. The molecule has 0 saturated carbocycles. The number of nitrogens with one attached hydrogen (secondary N) is 1. The fourth-order valence-electron chi connectivity index (χ4n) is 2.67. The zero-order valence-corrected chi connectivity index (χ0v) is 9.94. The zero-order chi connectivity index (χ0) is 12.5. The topological polar surface area (TPSA) is 39.3 Å². The summed E-state index contributed by atoms with van der Waals surface area (Å²) in [6.45, 7) is 0.918. The van der Waals surface area contributed by atoms with Gasteiger partial charge in [0, 0.05) is 18.3 Å². The number of aromatic nitrogens is 1. The van der Waals surface area contributed by atoms with Gasteiger partial charge in [0.1, 0.15) is 17.4 Å². The molecule has 0 amide bonds. The molecule has 0 aliphatic carbocycles. The largest absolute Gasteiger partial charge is 0.508 e. The van der Waals surface area contributed by atoms with E-state index in [0.717, 1.165) is 25.2 Å². The number of phenols is 1. The molecule has 3 nitrogen and oxygen atoms in total. The molecule has 1 saturated heterocycles. The van der Waals surface area contributed by atoms with Gasteiger partial charge in [0.25, 0.3) is 0 Å². The molecule has 1 fully saturated rings. The predicted octanol–water partition coefficient (Wildman–Crippen LogP) is 3.20. The van der Waals surface area contributed by atoms with Crippen LogP contribution in [0.25, 0.3) is 0 Å². The number of hydrogen-bond donors (Lipinski definition) is 2. The summed E-state index contributed by atoms with van der Waals surface area (Å²) in [6, 6.07) is 8.12. The Morgan fingerprint density at radius 2 is 2.22 bits per heavy atom. The van der Waals surface area contributed by atoms with E-state index in [1.807, 2.05) is 18.3 Å². The van der Waals surface area contributed by atoms with Crippen molar-refractivity contribution in [2.45, 2.75) is 18.9 Å². The molecule has 3 rings (SSSR count). The van der Waals surface area contributed by atoms with Crippen molar-refractivity contribution in [2.24, 2.45) is 0 Å². The molecule has 18 heavy (non-hydrogen) atoms. The minimum absolute atomic E-state index is 0.0411. The Morgan fingerprint density at radius 3 is 3.00 bits per heavy atom. The van der Waals surface area contributed by atoms with Crippen LogP contribution >= 0.6 is 0 Å². The zero-order valence-electron chi connectivity index (χ0n) is 9.94. The first-order chi connectivity index (χ1) is 8.75. The lowest BCUT2D eigenvalue weighted by atomic mass is 10.0. The summed E-state index contributed by atoms with van der Waals surface area (Å²) in [5.74, 6) is 0.877. The number of H-pyrrole nitrogens is 1. The number of aromatic hydroxyl groups is 1. The maximum Gasteiger partial charge on any atom is 0.123 e. The summed E-state index contributed by atoms with van der Waals surface area (Å²) in [5.41, 5.74) is 0.669. The Hall–Kier alpha value is -1.97. The Labute approximate surface area is 105 Å². The molecule has 94 valence electrons. The Bertz CT molecular complexity index is 539. The van der Waals surface area contributed by atoms with Crippen LogP contribution in [0.1, 0.15) is 24.4 Å². The maximum atomic E-state index is 13.3. The first-order valence-electron chi connectivity index (χ1n) is 6.14. The molecule has 2 aromatic rings. The number of rotatable bonds is 2. The van der Waals surface area contributed by atoms with Crippen LogP contribution in [-0.4, -0.2) is 16.6 Å². The average Bonchev–Trinajstić information content (AvgIpc) is 3.00. The fourth-order valence-corrected chi connectivity index (χ4v) is 2.67. The lowest BCUT2D eigenvalue weighted by Crippen LogP contribution is -2.22. The van der Waals surface area contributed by atoms with E-state index in [2.05, 4.69) is 9.88 Å². The molecular weight excluding hydrogens is 231 g/mol. The Kier molecular flexibility index (Phi) is 2.70. The van der Waals surface area contributed by atoms with Crippen molar-refractivity contribution in [3.63, 3.8) is 0 Å². The van der Waals surface area contributed by atoms with Crippen LogP contribution in [0.5, 0.6) is 5.75 Å². The highest BCUT2D eigenvalue weighted by molar-refractivity contribution is 5.47. The first-order valence-corrected chi connectivity index (χ1v) is 6.14. The molecule has 0 spiro atoms. The summed E-state index contributed by atoms with van der Waals surface area (Å²) < 4.78 is 13.3. The summed E-state index contributed by atoms with van der Waals surface area (Å²) in [4.78, 5) is 5.34. The van der Waals surface area contributed by atoms with Gasteiger partial charge in [0.15, 0.2) is 0 Å². The van der Waals surface area contributed by atoms with Crippen molar-refractivity contribution in [3.8, 4) is 5.75 Å². The Balaban J connectivity index is 1.97. The van der Waals surface area contributed by atoms with Crippen LogP contribution < -0.4 is 4.90 Å². The monoisotopic (exact) mass is 246 g/mol. The standard InChI is InChI=1S/C14H15FN2O/c15-10-5-6-13(18)11(9-10)12-3-2-8-17(12)14-4-1-7-16-14/h1,4-7,9,12,16,18H,2-3,8H2/t12-/m1/s1. The van der Waals surface area contributed by atoms with E-state index in [0.29, 0.717) is 5.56 Å². The highest BCUT2D eigenvalue weighted by Gasteiger charge is 2.28. The molecule has 1 aromatic heterocycles. The van der Waals surface area contributed by atoms with E-state index < -0.39 is 0 Å². The third-order valence-electron chi connectivity index (χ3n) is 3.49.